The molecule has 6 aliphatic rings. The predicted octanol–water partition coefficient (Wildman–Crippen LogP) is 7.61. The molecule has 0 aliphatic heterocycles. The fraction of sp³-hybridized carbons (Fsp3) is 0.938. The van der Waals surface area contributed by atoms with Crippen LogP contribution < -0.4 is 0 Å². The summed E-state index contributed by atoms with van der Waals surface area (Å²) in [5.41, 5.74) is 0.705. The van der Waals surface area contributed by atoms with Crippen LogP contribution in [-0.4, -0.2) is 17.9 Å². The number of carbonyl (C=O) groups excluding carboxylic acids is 2. The van der Waals surface area contributed by atoms with Gasteiger partial charge in [0.2, 0.25) is 0 Å². The maximum atomic E-state index is 14.6. The van der Waals surface area contributed by atoms with Crippen molar-refractivity contribution >= 4 is 11.8 Å². The van der Waals surface area contributed by atoms with Crippen molar-refractivity contribution in [3.05, 3.63) is 0 Å². The zero-order valence-corrected chi connectivity index (χ0v) is 23.8. The summed E-state index contributed by atoms with van der Waals surface area (Å²) < 4.78 is 5.88. The van der Waals surface area contributed by atoms with Crippen LogP contribution in [0.15, 0.2) is 0 Å². The van der Waals surface area contributed by atoms with E-state index in [-0.39, 0.29) is 39.1 Å². The molecule has 0 amide bonds. The van der Waals surface area contributed by atoms with Gasteiger partial charge in [0.25, 0.3) is 0 Å². The Morgan fingerprint density at radius 1 is 0.914 bits per heavy atom. The van der Waals surface area contributed by atoms with Gasteiger partial charge < -0.3 is 4.74 Å². The number of esters is 1. The minimum Gasteiger partial charge on any atom is -0.462 e. The Morgan fingerprint density at radius 2 is 1.63 bits per heavy atom. The van der Waals surface area contributed by atoms with Gasteiger partial charge in [-0.15, -0.1) is 0 Å². The fourth-order valence-corrected chi connectivity index (χ4v) is 12.6. The minimum absolute atomic E-state index is 0.0142. The fourth-order valence-electron chi connectivity index (χ4n) is 12.6. The third-order valence-electron chi connectivity index (χ3n) is 14.8. The van der Waals surface area contributed by atoms with Gasteiger partial charge in [0, 0.05) is 24.2 Å². The van der Waals surface area contributed by atoms with E-state index in [2.05, 4.69) is 48.5 Å². The summed E-state index contributed by atoms with van der Waals surface area (Å²) >= 11 is 0. The lowest BCUT2D eigenvalue weighted by Crippen LogP contribution is -2.67. The first-order valence-electron chi connectivity index (χ1n) is 14.9. The van der Waals surface area contributed by atoms with Crippen molar-refractivity contribution in [3.63, 3.8) is 0 Å². The number of rotatable bonds is 1. The van der Waals surface area contributed by atoms with Gasteiger partial charge in [-0.3, -0.25) is 9.59 Å². The zero-order valence-electron chi connectivity index (χ0n) is 23.8. The highest BCUT2D eigenvalue weighted by molar-refractivity contribution is 5.92. The lowest BCUT2D eigenvalue weighted by molar-refractivity contribution is -0.227. The highest BCUT2D eigenvalue weighted by Gasteiger charge is 2.88. The van der Waals surface area contributed by atoms with E-state index in [4.69, 9.17) is 4.74 Å². The molecule has 2 spiro atoms. The molecule has 0 aromatic carbocycles. The van der Waals surface area contributed by atoms with E-state index in [1.807, 2.05) is 0 Å². The quantitative estimate of drug-likeness (QED) is 0.361. The predicted molar refractivity (Wildman–Crippen MR) is 138 cm³/mol. The number of ether oxygens (including phenoxy) is 1. The van der Waals surface area contributed by atoms with E-state index in [9.17, 15) is 9.59 Å². The van der Waals surface area contributed by atoms with Crippen molar-refractivity contribution in [1.29, 1.82) is 0 Å². The second-order valence-electron chi connectivity index (χ2n) is 15.8. The smallest absolute Gasteiger partial charge is 0.302 e. The van der Waals surface area contributed by atoms with Crippen molar-refractivity contribution in [2.75, 3.05) is 0 Å². The normalized spacial score (nSPS) is 58.1. The summed E-state index contributed by atoms with van der Waals surface area (Å²) in [7, 11) is 0. The third kappa shape index (κ3) is 2.60. The van der Waals surface area contributed by atoms with Gasteiger partial charge in [-0.1, -0.05) is 48.5 Å². The van der Waals surface area contributed by atoms with Crippen molar-refractivity contribution in [3.8, 4) is 0 Å². The van der Waals surface area contributed by atoms with Crippen molar-refractivity contribution in [2.45, 2.75) is 126 Å². The average Bonchev–Trinajstić information content (AvgIpc) is 3.47. The van der Waals surface area contributed by atoms with Crippen LogP contribution in [0.4, 0.5) is 0 Å². The van der Waals surface area contributed by atoms with Crippen molar-refractivity contribution in [1.82, 2.24) is 0 Å². The van der Waals surface area contributed by atoms with Gasteiger partial charge in [-0.25, -0.2) is 0 Å². The summed E-state index contributed by atoms with van der Waals surface area (Å²) in [6.07, 6.45) is 11.6. The Hall–Kier alpha value is -0.860. The Morgan fingerprint density at radius 3 is 2.31 bits per heavy atom. The molecule has 196 valence electrons. The highest BCUT2D eigenvalue weighted by atomic mass is 16.5. The van der Waals surface area contributed by atoms with Crippen LogP contribution >= 0.6 is 0 Å². The molecule has 0 aromatic rings. The summed E-state index contributed by atoms with van der Waals surface area (Å²) in [5.74, 6) is 3.67. The summed E-state index contributed by atoms with van der Waals surface area (Å²) in [6, 6.07) is 0. The summed E-state index contributed by atoms with van der Waals surface area (Å²) in [6.45, 7) is 19.0. The molecule has 0 bridgehead atoms. The SMILES string of the molecule is CC(=O)O[C@@H]1CC[C@]23C[C@]24C(=O)C[C@@H]2[C@H]5[C@H](C)[C@H](C)CC[C@@]5(C)CC[C@@]2(C)[C@]4(C)CC[C@@H]3C1(C)C. The molecule has 0 unspecified atom stereocenters. The van der Waals surface area contributed by atoms with Crippen molar-refractivity contribution in [2.24, 2.45) is 62.1 Å². The molecule has 6 aliphatic carbocycles. The second kappa shape index (κ2) is 6.96. The van der Waals surface area contributed by atoms with Gasteiger partial charge in [-0.2, -0.15) is 0 Å². The molecule has 6 rings (SSSR count). The van der Waals surface area contributed by atoms with Crippen molar-refractivity contribution < 1.29 is 14.3 Å². The van der Waals surface area contributed by atoms with Gasteiger partial charge in [0.1, 0.15) is 11.9 Å². The topological polar surface area (TPSA) is 43.4 Å². The molecular weight excluding hydrogens is 432 g/mol. The largest absolute Gasteiger partial charge is 0.462 e. The number of Topliss-reactive ketones (excluding diaryl/α,β-unsaturated/α-hetero) is 1. The molecule has 0 N–H and O–H groups in total. The van der Waals surface area contributed by atoms with Crippen LogP contribution in [0, 0.1) is 62.1 Å². The third-order valence-corrected chi connectivity index (χ3v) is 14.8. The molecule has 3 nitrogen and oxygen atoms in total. The number of fused-ring (bicyclic) bond motifs is 4. The first kappa shape index (κ1) is 24.5. The molecule has 3 heteroatoms. The molecule has 0 aromatic heterocycles. The Kier molecular flexibility index (Phi) is 4.87. The number of hydrogen-bond acceptors (Lipinski definition) is 3. The van der Waals surface area contributed by atoms with Gasteiger partial charge in [-0.05, 0) is 109 Å². The molecule has 0 heterocycles. The Balaban J connectivity index is 1.41. The molecule has 35 heavy (non-hydrogen) atoms. The maximum Gasteiger partial charge on any atom is 0.302 e. The number of ketones is 1. The second-order valence-corrected chi connectivity index (χ2v) is 15.8. The highest BCUT2D eigenvalue weighted by Crippen LogP contribution is 2.90. The molecule has 0 saturated heterocycles. The van der Waals surface area contributed by atoms with E-state index in [0.29, 0.717) is 34.9 Å². The van der Waals surface area contributed by atoms with Gasteiger partial charge >= 0.3 is 5.97 Å². The van der Waals surface area contributed by atoms with Gasteiger partial charge in [0.15, 0.2) is 0 Å². The van der Waals surface area contributed by atoms with E-state index < -0.39 is 0 Å². The Bertz CT molecular complexity index is 968. The van der Waals surface area contributed by atoms with E-state index >= 15 is 0 Å². The van der Waals surface area contributed by atoms with E-state index in [0.717, 1.165) is 31.6 Å². The lowest BCUT2D eigenvalue weighted by atomic mass is 9.33. The number of carbonyl (C=O) groups is 2. The number of hydrogen-bond donors (Lipinski definition) is 0. The molecule has 11 atom stereocenters. The first-order chi connectivity index (χ1) is 16.2. The van der Waals surface area contributed by atoms with Crippen LogP contribution in [-0.2, 0) is 14.3 Å². The molecular formula is C32H50O3. The first-order valence-corrected chi connectivity index (χ1v) is 14.9. The van der Waals surface area contributed by atoms with Crippen LogP contribution in [0.25, 0.3) is 0 Å². The van der Waals surface area contributed by atoms with Crippen LogP contribution in [0.2, 0.25) is 0 Å². The summed E-state index contributed by atoms with van der Waals surface area (Å²) in [4.78, 5) is 26.5. The van der Waals surface area contributed by atoms with Gasteiger partial charge in [0.05, 0.1) is 0 Å². The summed E-state index contributed by atoms with van der Waals surface area (Å²) in [5, 5.41) is 0. The maximum absolute atomic E-state index is 14.6. The van der Waals surface area contributed by atoms with E-state index in [1.165, 1.54) is 38.5 Å². The van der Waals surface area contributed by atoms with E-state index in [1.54, 1.807) is 6.92 Å². The standard InChI is InChI=1S/C32H50O3/c1-19-9-12-28(6)15-16-29(7)22(26(28)20(19)2)17-24(34)32-18-31(32)14-11-25(35-21(3)33)27(4,5)23(31)10-13-30(29,32)8/h19-20,22-23,25-26H,9-18H2,1-8H3/t19-,20-,22-,23-,25-,26-,28+,29-,30+,31-,32-/m1/s1. The lowest BCUT2D eigenvalue weighted by Gasteiger charge is -2.71. The average molecular weight is 483 g/mol. The minimum atomic E-state index is -0.157. The molecule has 0 radical (unpaired) electrons. The van der Waals surface area contributed by atoms with Crippen LogP contribution in [0.5, 0.6) is 0 Å². The van der Waals surface area contributed by atoms with Crippen LogP contribution in [0.3, 0.4) is 0 Å². The molecule has 6 fully saturated rings. The molecule has 6 saturated carbocycles. The zero-order chi connectivity index (χ0) is 25.4. The Labute approximate surface area is 213 Å². The monoisotopic (exact) mass is 482 g/mol. The van der Waals surface area contributed by atoms with Crippen LogP contribution in [0.1, 0.15) is 120 Å².